The molecule has 0 fully saturated rings. The summed E-state index contributed by atoms with van der Waals surface area (Å²) < 4.78 is 0. The summed E-state index contributed by atoms with van der Waals surface area (Å²) in [4.78, 5) is 27.5. The van der Waals surface area contributed by atoms with Gasteiger partial charge < -0.3 is 9.80 Å². The van der Waals surface area contributed by atoms with Crippen molar-refractivity contribution in [1.82, 2.24) is 4.90 Å². The number of amides is 2. The van der Waals surface area contributed by atoms with Gasteiger partial charge in [-0.25, -0.2) is 0 Å². The van der Waals surface area contributed by atoms with Gasteiger partial charge in [0.1, 0.15) is 0 Å². The maximum Gasteiger partial charge on any atom is 0.231 e. The topological polar surface area (TPSA) is 40.6 Å². The van der Waals surface area contributed by atoms with E-state index in [1.54, 1.807) is 16.8 Å². The van der Waals surface area contributed by atoms with Crippen LogP contribution in [0.2, 0.25) is 0 Å². The standard InChI is InChI=1S/C19H20N2O2/c1-20(13-14-6-4-3-5-7-14)18(22)11-15-8-9-17-16(10-15)12-19(23)21(17)2/h3-10H,11-13H2,1-2H3. The molecule has 4 nitrogen and oxygen atoms in total. The van der Waals surface area contributed by atoms with Crippen LogP contribution in [0.3, 0.4) is 0 Å². The summed E-state index contributed by atoms with van der Waals surface area (Å²) in [5, 5.41) is 0. The van der Waals surface area contributed by atoms with E-state index in [0.29, 0.717) is 19.4 Å². The van der Waals surface area contributed by atoms with Gasteiger partial charge in [-0.05, 0) is 22.8 Å². The molecule has 23 heavy (non-hydrogen) atoms. The van der Waals surface area contributed by atoms with Gasteiger partial charge >= 0.3 is 0 Å². The number of hydrogen-bond donors (Lipinski definition) is 0. The molecule has 2 aromatic rings. The zero-order valence-electron chi connectivity index (χ0n) is 13.5. The fraction of sp³-hybridized carbons (Fsp3) is 0.263. The summed E-state index contributed by atoms with van der Waals surface area (Å²) in [6.45, 7) is 0.603. The van der Waals surface area contributed by atoms with E-state index in [9.17, 15) is 9.59 Å². The molecule has 4 heteroatoms. The van der Waals surface area contributed by atoms with Crippen LogP contribution in [0, 0.1) is 0 Å². The summed E-state index contributed by atoms with van der Waals surface area (Å²) in [6.07, 6.45) is 0.780. The highest BCUT2D eigenvalue weighted by Crippen LogP contribution is 2.28. The molecule has 2 aromatic carbocycles. The van der Waals surface area contributed by atoms with Crippen molar-refractivity contribution < 1.29 is 9.59 Å². The molecule has 118 valence electrons. The van der Waals surface area contributed by atoms with Gasteiger partial charge in [-0.15, -0.1) is 0 Å². The van der Waals surface area contributed by atoms with Crippen LogP contribution in [0.5, 0.6) is 0 Å². The van der Waals surface area contributed by atoms with Gasteiger partial charge in [0.2, 0.25) is 11.8 Å². The summed E-state index contributed by atoms with van der Waals surface area (Å²) >= 11 is 0. The monoisotopic (exact) mass is 308 g/mol. The molecule has 0 unspecified atom stereocenters. The molecule has 0 radical (unpaired) electrons. The Labute approximate surface area is 136 Å². The van der Waals surface area contributed by atoms with E-state index >= 15 is 0 Å². The zero-order valence-corrected chi connectivity index (χ0v) is 13.5. The van der Waals surface area contributed by atoms with Crippen LogP contribution in [-0.4, -0.2) is 30.8 Å². The second-order valence-corrected chi connectivity index (χ2v) is 6.00. The van der Waals surface area contributed by atoms with Gasteiger partial charge in [-0.1, -0.05) is 42.5 Å². The van der Waals surface area contributed by atoms with Crippen LogP contribution >= 0.6 is 0 Å². The number of carbonyl (C=O) groups is 2. The summed E-state index contributed by atoms with van der Waals surface area (Å²) in [5.74, 6) is 0.177. The molecule has 2 amide bonds. The Hall–Kier alpha value is -2.62. The molecule has 0 bridgehead atoms. The van der Waals surface area contributed by atoms with Gasteiger partial charge in [0.25, 0.3) is 0 Å². The number of carbonyl (C=O) groups excluding carboxylic acids is 2. The average molecular weight is 308 g/mol. The van der Waals surface area contributed by atoms with Crippen molar-refractivity contribution in [3.8, 4) is 0 Å². The van der Waals surface area contributed by atoms with E-state index in [-0.39, 0.29) is 11.8 Å². The normalized spacial score (nSPS) is 13.1. The molecule has 0 saturated carbocycles. The lowest BCUT2D eigenvalue weighted by Gasteiger charge is -2.18. The Morgan fingerprint density at radius 3 is 2.61 bits per heavy atom. The smallest absolute Gasteiger partial charge is 0.231 e. The molecule has 0 atom stereocenters. The third-order valence-electron chi connectivity index (χ3n) is 4.26. The summed E-state index contributed by atoms with van der Waals surface area (Å²) in [7, 11) is 3.60. The number of fused-ring (bicyclic) bond motifs is 1. The maximum atomic E-state index is 12.4. The van der Waals surface area contributed by atoms with Gasteiger partial charge in [0.15, 0.2) is 0 Å². The minimum absolute atomic E-state index is 0.0754. The first-order valence-corrected chi connectivity index (χ1v) is 7.71. The van der Waals surface area contributed by atoms with E-state index < -0.39 is 0 Å². The first-order chi connectivity index (χ1) is 11.0. The predicted octanol–water partition coefficient (Wildman–Crippen LogP) is 2.41. The summed E-state index contributed by atoms with van der Waals surface area (Å²) in [6, 6.07) is 15.8. The van der Waals surface area contributed by atoms with Crippen molar-refractivity contribution >= 4 is 17.5 Å². The first kappa shape index (κ1) is 15.3. The van der Waals surface area contributed by atoms with E-state index in [0.717, 1.165) is 22.4 Å². The predicted molar refractivity (Wildman–Crippen MR) is 90.2 cm³/mol. The van der Waals surface area contributed by atoms with E-state index in [4.69, 9.17) is 0 Å². The molecule has 0 aliphatic carbocycles. The van der Waals surface area contributed by atoms with Crippen LogP contribution in [0.15, 0.2) is 48.5 Å². The Bertz CT molecular complexity index is 740. The van der Waals surface area contributed by atoms with Gasteiger partial charge in [0, 0.05) is 26.3 Å². The number of rotatable bonds is 4. The van der Waals surface area contributed by atoms with Crippen molar-refractivity contribution in [2.24, 2.45) is 0 Å². The van der Waals surface area contributed by atoms with Crippen LogP contribution in [-0.2, 0) is 29.0 Å². The number of likely N-dealkylation sites (N-methyl/N-ethyl adjacent to an activating group) is 2. The molecule has 1 aliphatic rings. The average Bonchev–Trinajstić information content (AvgIpc) is 2.82. The number of anilines is 1. The van der Waals surface area contributed by atoms with Crippen molar-refractivity contribution in [2.45, 2.75) is 19.4 Å². The lowest BCUT2D eigenvalue weighted by atomic mass is 10.1. The number of benzene rings is 2. The fourth-order valence-corrected chi connectivity index (χ4v) is 2.89. The largest absolute Gasteiger partial charge is 0.341 e. The number of hydrogen-bond acceptors (Lipinski definition) is 2. The quantitative estimate of drug-likeness (QED) is 0.870. The van der Waals surface area contributed by atoms with Crippen molar-refractivity contribution in [1.29, 1.82) is 0 Å². The van der Waals surface area contributed by atoms with Crippen molar-refractivity contribution in [3.63, 3.8) is 0 Å². The van der Waals surface area contributed by atoms with Crippen molar-refractivity contribution in [2.75, 3.05) is 19.0 Å². The second-order valence-electron chi connectivity index (χ2n) is 6.00. The van der Waals surface area contributed by atoms with Crippen LogP contribution in [0.1, 0.15) is 16.7 Å². The molecule has 0 spiro atoms. The van der Waals surface area contributed by atoms with Gasteiger partial charge in [0.05, 0.1) is 12.8 Å². The molecule has 0 aromatic heterocycles. The molecule has 1 heterocycles. The Kier molecular flexibility index (Phi) is 4.15. The minimum Gasteiger partial charge on any atom is -0.341 e. The van der Waals surface area contributed by atoms with E-state index in [1.807, 2.05) is 55.6 Å². The highest BCUT2D eigenvalue weighted by molar-refractivity contribution is 6.01. The first-order valence-electron chi connectivity index (χ1n) is 7.71. The highest BCUT2D eigenvalue weighted by atomic mass is 16.2. The molecular formula is C19H20N2O2. The number of nitrogens with zero attached hydrogens (tertiary/aromatic N) is 2. The highest BCUT2D eigenvalue weighted by Gasteiger charge is 2.24. The Morgan fingerprint density at radius 1 is 1.13 bits per heavy atom. The van der Waals surface area contributed by atoms with Crippen LogP contribution in [0.25, 0.3) is 0 Å². The lowest BCUT2D eigenvalue weighted by molar-refractivity contribution is -0.129. The van der Waals surface area contributed by atoms with Crippen LogP contribution in [0.4, 0.5) is 5.69 Å². The molecular weight excluding hydrogens is 288 g/mol. The van der Waals surface area contributed by atoms with Crippen LogP contribution < -0.4 is 4.90 Å². The fourth-order valence-electron chi connectivity index (χ4n) is 2.89. The second kappa shape index (κ2) is 6.24. The Balaban J connectivity index is 1.67. The zero-order chi connectivity index (χ0) is 16.4. The molecule has 3 rings (SSSR count). The maximum absolute atomic E-state index is 12.4. The molecule has 0 N–H and O–H groups in total. The minimum atomic E-state index is 0.0754. The molecule has 1 aliphatic heterocycles. The third-order valence-corrected chi connectivity index (χ3v) is 4.26. The Morgan fingerprint density at radius 2 is 1.87 bits per heavy atom. The molecule has 0 saturated heterocycles. The van der Waals surface area contributed by atoms with E-state index in [2.05, 4.69) is 0 Å². The van der Waals surface area contributed by atoms with Gasteiger partial charge in [-0.3, -0.25) is 9.59 Å². The van der Waals surface area contributed by atoms with E-state index in [1.165, 1.54) is 0 Å². The SMILES string of the molecule is CN(Cc1ccccc1)C(=O)Cc1ccc2c(c1)CC(=O)N2C. The lowest BCUT2D eigenvalue weighted by Crippen LogP contribution is -2.27. The summed E-state index contributed by atoms with van der Waals surface area (Å²) in [5.41, 5.74) is 4.03. The van der Waals surface area contributed by atoms with Crippen molar-refractivity contribution in [3.05, 3.63) is 65.2 Å². The van der Waals surface area contributed by atoms with Gasteiger partial charge in [-0.2, -0.15) is 0 Å². The third kappa shape index (κ3) is 3.26.